The van der Waals surface area contributed by atoms with E-state index in [4.69, 9.17) is 14.2 Å². The molecule has 0 aromatic heterocycles. The summed E-state index contributed by atoms with van der Waals surface area (Å²) in [4.78, 5) is 37.6. The van der Waals surface area contributed by atoms with Gasteiger partial charge in [-0.05, 0) is 64.2 Å². The highest BCUT2D eigenvalue weighted by Crippen LogP contribution is 2.12. The topological polar surface area (TPSA) is 78.9 Å². The molecule has 6 nitrogen and oxygen atoms in total. The van der Waals surface area contributed by atoms with Crippen LogP contribution in [0.2, 0.25) is 0 Å². The van der Waals surface area contributed by atoms with Gasteiger partial charge < -0.3 is 14.2 Å². The molecule has 0 saturated carbocycles. The molecular weight excluding hydrogens is 697 g/mol. The van der Waals surface area contributed by atoms with Gasteiger partial charge in [-0.1, -0.05) is 195 Å². The SMILES string of the molecule is CC/C=C\C/C=C\C/C=C\CCCC(=O)OC(COC(=O)CCCCCCC\C=C/C=C\C=C/C=C\C=C/CCC)COC(=O)CCCCCCCCCCC. The lowest BCUT2D eigenvalue weighted by atomic mass is 10.1. The maximum Gasteiger partial charge on any atom is 0.306 e. The summed E-state index contributed by atoms with van der Waals surface area (Å²) in [6, 6.07) is 0. The Morgan fingerprint density at radius 1 is 0.393 bits per heavy atom. The molecule has 1 unspecified atom stereocenters. The van der Waals surface area contributed by atoms with Gasteiger partial charge in [0.1, 0.15) is 13.2 Å². The van der Waals surface area contributed by atoms with Crippen molar-refractivity contribution >= 4 is 17.9 Å². The molecule has 0 N–H and O–H groups in total. The predicted molar refractivity (Wildman–Crippen MR) is 237 cm³/mol. The Morgan fingerprint density at radius 3 is 1.36 bits per heavy atom. The third kappa shape index (κ3) is 41.5. The highest BCUT2D eigenvalue weighted by atomic mass is 16.6. The van der Waals surface area contributed by atoms with E-state index in [-0.39, 0.29) is 37.5 Å². The van der Waals surface area contributed by atoms with E-state index in [0.29, 0.717) is 19.3 Å². The minimum Gasteiger partial charge on any atom is -0.462 e. The van der Waals surface area contributed by atoms with Crippen molar-refractivity contribution in [3.63, 3.8) is 0 Å². The normalized spacial score (nSPS) is 13.0. The number of hydrogen-bond donors (Lipinski definition) is 0. The van der Waals surface area contributed by atoms with Crippen molar-refractivity contribution in [2.75, 3.05) is 13.2 Å². The van der Waals surface area contributed by atoms with Crippen LogP contribution in [0.3, 0.4) is 0 Å². The smallest absolute Gasteiger partial charge is 0.306 e. The molecule has 0 aliphatic rings. The highest BCUT2D eigenvalue weighted by molar-refractivity contribution is 5.71. The average Bonchev–Trinajstić information content (AvgIpc) is 3.19. The molecule has 0 aliphatic carbocycles. The average molecular weight is 777 g/mol. The maximum absolute atomic E-state index is 12.7. The van der Waals surface area contributed by atoms with Crippen LogP contribution in [-0.2, 0) is 28.6 Å². The quantitative estimate of drug-likeness (QED) is 0.0204. The van der Waals surface area contributed by atoms with E-state index in [1.165, 1.54) is 44.9 Å². The van der Waals surface area contributed by atoms with Crippen LogP contribution in [-0.4, -0.2) is 37.2 Å². The Kier molecular flexibility index (Phi) is 41.2. The fraction of sp³-hybridized carbons (Fsp3) is 0.620. The van der Waals surface area contributed by atoms with Crippen LogP contribution < -0.4 is 0 Å². The Labute approximate surface area is 343 Å². The number of carbonyl (C=O) groups excluding carboxylic acids is 3. The molecule has 316 valence electrons. The van der Waals surface area contributed by atoms with Gasteiger partial charge in [0.2, 0.25) is 0 Å². The van der Waals surface area contributed by atoms with Gasteiger partial charge in [-0.25, -0.2) is 0 Å². The second-order valence-electron chi connectivity index (χ2n) is 14.3. The summed E-state index contributed by atoms with van der Waals surface area (Å²) in [6.07, 6.45) is 56.8. The minimum absolute atomic E-state index is 0.107. The van der Waals surface area contributed by atoms with Crippen molar-refractivity contribution in [3.8, 4) is 0 Å². The molecular formula is C50H80O6. The fourth-order valence-corrected chi connectivity index (χ4v) is 5.61. The summed E-state index contributed by atoms with van der Waals surface area (Å²) in [5.74, 6) is -1.00. The number of carbonyl (C=O) groups is 3. The molecule has 0 spiro atoms. The monoisotopic (exact) mass is 777 g/mol. The van der Waals surface area contributed by atoms with E-state index >= 15 is 0 Å². The van der Waals surface area contributed by atoms with E-state index in [1.807, 2.05) is 36.5 Å². The Balaban J connectivity index is 4.47. The Morgan fingerprint density at radius 2 is 0.821 bits per heavy atom. The van der Waals surface area contributed by atoms with Crippen LogP contribution in [0.5, 0.6) is 0 Å². The molecule has 0 bridgehead atoms. The van der Waals surface area contributed by atoms with Gasteiger partial charge in [0, 0.05) is 19.3 Å². The van der Waals surface area contributed by atoms with Crippen molar-refractivity contribution < 1.29 is 28.6 Å². The number of allylic oxidation sites excluding steroid dienone is 16. The first-order valence-electron chi connectivity index (χ1n) is 22.3. The molecule has 0 saturated heterocycles. The third-order valence-electron chi connectivity index (χ3n) is 8.93. The summed E-state index contributed by atoms with van der Waals surface area (Å²) in [7, 11) is 0. The molecule has 56 heavy (non-hydrogen) atoms. The molecule has 0 aromatic carbocycles. The van der Waals surface area contributed by atoms with Gasteiger partial charge >= 0.3 is 17.9 Å². The summed E-state index contributed by atoms with van der Waals surface area (Å²) in [5, 5.41) is 0. The lowest BCUT2D eigenvalue weighted by molar-refractivity contribution is -0.167. The number of ether oxygens (including phenoxy) is 3. The van der Waals surface area contributed by atoms with Crippen LogP contribution in [0.15, 0.2) is 97.2 Å². The summed E-state index contributed by atoms with van der Waals surface area (Å²) < 4.78 is 16.6. The number of rotatable bonds is 38. The predicted octanol–water partition coefficient (Wildman–Crippen LogP) is 14.2. The van der Waals surface area contributed by atoms with E-state index < -0.39 is 6.10 Å². The zero-order valence-corrected chi connectivity index (χ0v) is 35.9. The molecule has 0 rings (SSSR count). The first-order chi connectivity index (χ1) is 27.5. The van der Waals surface area contributed by atoms with E-state index in [0.717, 1.165) is 89.9 Å². The van der Waals surface area contributed by atoms with Crippen LogP contribution in [0.25, 0.3) is 0 Å². The zero-order chi connectivity index (χ0) is 40.8. The molecule has 0 aliphatic heterocycles. The van der Waals surface area contributed by atoms with Gasteiger partial charge in [-0.2, -0.15) is 0 Å². The van der Waals surface area contributed by atoms with Crippen LogP contribution in [0.4, 0.5) is 0 Å². The first kappa shape index (κ1) is 52.3. The fourth-order valence-electron chi connectivity index (χ4n) is 5.61. The van der Waals surface area contributed by atoms with Gasteiger partial charge in [0.15, 0.2) is 6.10 Å². The first-order valence-corrected chi connectivity index (χ1v) is 22.3. The maximum atomic E-state index is 12.7. The lowest BCUT2D eigenvalue weighted by Gasteiger charge is -2.18. The zero-order valence-electron chi connectivity index (χ0n) is 35.9. The number of esters is 3. The largest absolute Gasteiger partial charge is 0.462 e. The molecule has 0 fully saturated rings. The highest BCUT2D eigenvalue weighted by Gasteiger charge is 2.19. The van der Waals surface area contributed by atoms with Gasteiger partial charge in [0.05, 0.1) is 0 Å². The van der Waals surface area contributed by atoms with E-state index in [1.54, 1.807) is 0 Å². The van der Waals surface area contributed by atoms with Gasteiger partial charge in [-0.15, -0.1) is 0 Å². The van der Waals surface area contributed by atoms with Crippen molar-refractivity contribution in [1.29, 1.82) is 0 Å². The second-order valence-corrected chi connectivity index (χ2v) is 14.3. The lowest BCUT2D eigenvalue weighted by Crippen LogP contribution is -2.30. The van der Waals surface area contributed by atoms with Gasteiger partial charge in [-0.3, -0.25) is 14.4 Å². The molecule has 1 atom stereocenters. The number of unbranched alkanes of at least 4 members (excludes halogenated alkanes) is 15. The van der Waals surface area contributed by atoms with Crippen LogP contribution >= 0.6 is 0 Å². The Bertz CT molecular complexity index is 1170. The molecule has 0 heterocycles. The van der Waals surface area contributed by atoms with Crippen LogP contribution in [0, 0.1) is 0 Å². The van der Waals surface area contributed by atoms with Crippen molar-refractivity contribution in [2.24, 2.45) is 0 Å². The number of hydrogen-bond acceptors (Lipinski definition) is 6. The Hall–Kier alpha value is -3.67. The molecule has 6 heteroatoms. The molecule has 0 aromatic rings. The van der Waals surface area contributed by atoms with Crippen LogP contribution in [0.1, 0.15) is 181 Å². The van der Waals surface area contributed by atoms with Crippen molar-refractivity contribution in [2.45, 2.75) is 187 Å². The third-order valence-corrected chi connectivity index (χ3v) is 8.93. The molecule has 0 amide bonds. The standard InChI is InChI=1S/C50H80O6/c1-4-7-10-13-16-19-21-22-23-24-25-26-27-29-31-34-37-40-43-49(52)55-46-47(45-54-48(51)42-39-36-33-30-18-15-12-9-6-3)56-50(53)44-41-38-35-32-28-20-17-14-11-8-5-2/h8,10-11,13,16-17,19-26,32,35,47H,4-7,9,12,14-15,18,27-31,33-34,36-46H2,1-3H3/b11-8-,13-10-,19-16-,20-17-,22-21-,24-23-,26-25-,35-32-. The van der Waals surface area contributed by atoms with E-state index in [9.17, 15) is 14.4 Å². The second kappa shape index (κ2) is 44.0. The molecule has 0 radical (unpaired) electrons. The van der Waals surface area contributed by atoms with Gasteiger partial charge in [0.25, 0.3) is 0 Å². The van der Waals surface area contributed by atoms with Crippen molar-refractivity contribution in [3.05, 3.63) is 97.2 Å². The van der Waals surface area contributed by atoms with Crippen molar-refractivity contribution in [1.82, 2.24) is 0 Å². The summed E-state index contributed by atoms with van der Waals surface area (Å²) in [5.41, 5.74) is 0. The summed E-state index contributed by atoms with van der Waals surface area (Å²) in [6.45, 7) is 6.31. The van der Waals surface area contributed by atoms with E-state index in [2.05, 4.69) is 81.5 Å². The summed E-state index contributed by atoms with van der Waals surface area (Å²) >= 11 is 0. The minimum atomic E-state index is -0.811.